The third-order valence-electron chi connectivity index (χ3n) is 5.56. The van der Waals surface area contributed by atoms with Gasteiger partial charge in [-0.2, -0.15) is 0 Å². The SMILES string of the molecule is CC(C)C1CCCC(NC2CCCCC2)(C(=O)O)CC1. The van der Waals surface area contributed by atoms with Gasteiger partial charge < -0.3 is 5.11 Å². The van der Waals surface area contributed by atoms with Crippen molar-refractivity contribution in [1.82, 2.24) is 5.32 Å². The van der Waals surface area contributed by atoms with E-state index >= 15 is 0 Å². The molecule has 3 heteroatoms. The van der Waals surface area contributed by atoms with E-state index in [1.54, 1.807) is 0 Å². The Labute approximate surface area is 123 Å². The Morgan fingerprint density at radius 3 is 2.35 bits per heavy atom. The molecule has 0 radical (unpaired) electrons. The molecule has 0 spiro atoms. The first-order valence-corrected chi connectivity index (χ1v) is 8.54. The van der Waals surface area contributed by atoms with E-state index in [1.807, 2.05) is 0 Å². The van der Waals surface area contributed by atoms with Crippen LogP contribution in [0.3, 0.4) is 0 Å². The molecular formula is C17H31NO2. The van der Waals surface area contributed by atoms with Gasteiger partial charge in [-0.15, -0.1) is 0 Å². The van der Waals surface area contributed by atoms with Crippen LogP contribution in [0.1, 0.15) is 78.1 Å². The second kappa shape index (κ2) is 6.93. The molecule has 3 nitrogen and oxygen atoms in total. The summed E-state index contributed by atoms with van der Waals surface area (Å²) in [6.07, 6.45) is 11.0. The van der Waals surface area contributed by atoms with Gasteiger partial charge in [0.05, 0.1) is 0 Å². The van der Waals surface area contributed by atoms with Crippen LogP contribution in [0.5, 0.6) is 0 Å². The molecule has 2 aliphatic rings. The third-order valence-corrected chi connectivity index (χ3v) is 5.56. The average molecular weight is 281 g/mol. The molecule has 2 saturated carbocycles. The maximum Gasteiger partial charge on any atom is 0.323 e. The highest BCUT2D eigenvalue weighted by Gasteiger charge is 2.41. The summed E-state index contributed by atoms with van der Waals surface area (Å²) in [7, 11) is 0. The van der Waals surface area contributed by atoms with Crippen LogP contribution in [-0.4, -0.2) is 22.7 Å². The molecule has 0 aromatic carbocycles. The standard InChI is InChI=1S/C17H31NO2/c1-13(2)14-7-6-11-17(12-10-14,16(19)20)18-15-8-4-3-5-9-15/h13-15,18H,3-12H2,1-2H3,(H,19,20). The van der Waals surface area contributed by atoms with Crippen molar-refractivity contribution in [3.63, 3.8) is 0 Å². The number of carboxylic acid groups (broad SMARTS) is 1. The number of rotatable bonds is 4. The highest BCUT2D eigenvalue weighted by molar-refractivity contribution is 5.78. The summed E-state index contributed by atoms with van der Waals surface area (Å²) >= 11 is 0. The molecule has 2 N–H and O–H groups in total. The highest BCUT2D eigenvalue weighted by Crippen LogP contribution is 2.35. The van der Waals surface area contributed by atoms with Gasteiger partial charge in [-0.3, -0.25) is 10.1 Å². The molecule has 116 valence electrons. The second-order valence-electron chi connectivity index (χ2n) is 7.30. The van der Waals surface area contributed by atoms with E-state index < -0.39 is 11.5 Å². The summed E-state index contributed by atoms with van der Waals surface area (Å²) in [4.78, 5) is 11.9. The van der Waals surface area contributed by atoms with E-state index in [-0.39, 0.29) is 0 Å². The predicted molar refractivity (Wildman–Crippen MR) is 81.8 cm³/mol. The van der Waals surface area contributed by atoms with E-state index in [2.05, 4.69) is 19.2 Å². The summed E-state index contributed by atoms with van der Waals surface area (Å²) < 4.78 is 0. The normalized spacial score (nSPS) is 33.0. The molecule has 20 heavy (non-hydrogen) atoms. The Bertz CT molecular complexity index is 323. The van der Waals surface area contributed by atoms with Crippen LogP contribution in [0.15, 0.2) is 0 Å². The minimum atomic E-state index is -0.647. The number of carboxylic acids is 1. The highest BCUT2D eigenvalue weighted by atomic mass is 16.4. The van der Waals surface area contributed by atoms with Gasteiger partial charge in [-0.05, 0) is 43.9 Å². The quantitative estimate of drug-likeness (QED) is 0.767. The molecule has 2 atom stereocenters. The summed E-state index contributed by atoms with van der Waals surface area (Å²) in [5, 5.41) is 13.4. The number of carbonyl (C=O) groups is 1. The molecular weight excluding hydrogens is 250 g/mol. The Balaban J connectivity index is 2.03. The topological polar surface area (TPSA) is 49.3 Å². The Hall–Kier alpha value is -0.570. The molecule has 0 aliphatic heterocycles. The molecule has 2 aliphatic carbocycles. The average Bonchev–Trinajstić information content (AvgIpc) is 2.63. The van der Waals surface area contributed by atoms with Crippen molar-refractivity contribution < 1.29 is 9.90 Å². The fourth-order valence-electron chi connectivity index (χ4n) is 4.09. The van der Waals surface area contributed by atoms with Crippen molar-refractivity contribution in [2.75, 3.05) is 0 Å². The lowest BCUT2D eigenvalue weighted by atomic mass is 9.84. The minimum Gasteiger partial charge on any atom is -0.480 e. The fourth-order valence-corrected chi connectivity index (χ4v) is 4.09. The molecule has 2 rings (SSSR count). The van der Waals surface area contributed by atoms with Gasteiger partial charge in [0.15, 0.2) is 0 Å². The van der Waals surface area contributed by atoms with Gasteiger partial charge in [0.2, 0.25) is 0 Å². The van der Waals surface area contributed by atoms with Crippen LogP contribution >= 0.6 is 0 Å². The number of aliphatic carboxylic acids is 1. The summed E-state index contributed by atoms with van der Waals surface area (Å²) in [6, 6.07) is 0.426. The molecule has 2 fully saturated rings. The first-order valence-electron chi connectivity index (χ1n) is 8.54. The number of hydrogen-bond acceptors (Lipinski definition) is 2. The maximum absolute atomic E-state index is 11.9. The van der Waals surface area contributed by atoms with Crippen LogP contribution in [0.2, 0.25) is 0 Å². The van der Waals surface area contributed by atoms with E-state index in [4.69, 9.17) is 0 Å². The summed E-state index contributed by atoms with van der Waals surface area (Å²) in [5.41, 5.74) is -0.647. The van der Waals surface area contributed by atoms with E-state index in [0.717, 1.165) is 38.5 Å². The molecule has 2 unspecified atom stereocenters. The molecule has 0 heterocycles. The first kappa shape index (κ1) is 15.8. The van der Waals surface area contributed by atoms with Crippen LogP contribution in [-0.2, 0) is 4.79 Å². The predicted octanol–water partition coefficient (Wildman–Crippen LogP) is 3.97. The second-order valence-corrected chi connectivity index (χ2v) is 7.30. The van der Waals surface area contributed by atoms with Crippen molar-refractivity contribution in [3.05, 3.63) is 0 Å². The molecule has 0 aromatic rings. The van der Waals surface area contributed by atoms with Gasteiger partial charge in [0.25, 0.3) is 0 Å². The van der Waals surface area contributed by atoms with E-state index in [1.165, 1.54) is 25.7 Å². The van der Waals surface area contributed by atoms with Crippen LogP contribution in [0.25, 0.3) is 0 Å². The summed E-state index contributed by atoms with van der Waals surface area (Å²) in [5.74, 6) is 0.756. The maximum atomic E-state index is 11.9. The zero-order valence-electron chi connectivity index (χ0n) is 13.2. The lowest BCUT2D eigenvalue weighted by Crippen LogP contribution is -2.56. The lowest BCUT2D eigenvalue weighted by molar-refractivity contribution is -0.146. The molecule has 0 aromatic heterocycles. The van der Waals surface area contributed by atoms with Crippen molar-refractivity contribution in [1.29, 1.82) is 0 Å². The smallest absolute Gasteiger partial charge is 0.323 e. The zero-order valence-corrected chi connectivity index (χ0v) is 13.2. The Morgan fingerprint density at radius 2 is 1.75 bits per heavy atom. The minimum absolute atomic E-state index is 0.426. The number of nitrogens with one attached hydrogen (secondary N) is 1. The van der Waals surface area contributed by atoms with Gasteiger partial charge >= 0.3 is 5.97 Å². The van der Waals surface area contributed by atoms with Crippen molar-refractivity contribution in [2.45, 2.75) is 89.6 Å². The monoisotopic (exact) mass is 281 g/mol. The lowest BCUT2D eigenvalue weighted by Gasteiger charge is -2.36. The van der Waals surface area contributed by atoms with E-state index in [9.17, 15) is 9.90 Å². The summed E-state index contributed by atoms with van der Waals surface area (Å²) in [6.45, 7) is 4.54. The molecule has 0 amide bonds. The molecule has 0 bridgehead atoms. The fraction of sp³-hybridized carbons (Fsp3) is 0.941. The Morgan fingerprint density at radius 1 is 1.05 bits per heavy atom. The van der Waals surface area contributed by atoms with Crippen LogP contribution in [0.4, 0.5) is 0 Å². The van der Waals surface area contributed by atoms with Gasteiger partial charge in [0.1, 0.15) is 5.54 Å². The van der Waals surface area contributed by atoms with E-state index in [0.29, 0.717) is 17.9 Å². The van der Waals surface area contributed by atoms with Crippen molar-refractivity contribution in [3.8, 4) is 0 Å². The van der Waals surface area contributed by atoms with Gasteiger partial charge in [-0.1, -0.05) is 46.0 Å². The Kier molecular flexibility index (Phi) is 5.48. The zero-order chi connectivity index (χ0) is 14.6. The van der Waals surface area contributed by atoms with Gasteiger partial charge in [0, 0.05) is 6.04 Å². The van der Waals surface area contributed by atoms with Crippen LogP contribution in [0, 0.1) is 11.8 Å². The van der Waals surface area contributed by atoms with Gasteiger partial charge in [-0.25, -0.2) is 0 Å². The molecule has 0 saturated heterocycles. The van der Waals surface area contributed by atoms with Crippen molar-refractivity contribution >= 4 is 5.97 Å². The number of hydrogen-bond donors (Lipinski definition) is 2. The largest absolute Gasteiger partial charge is 0.480 e. The first-order chi connectivity index (χ1) is 9.53. The third kappa shape index (κ3) is 3.75. The van der Waals surface area contributed by atoms with Crippen molar-refractivity contribution in [2.24, 2.45) is 11.8 Å². The van der Waals surface area contributed by atoms with Crippen LogP contribution < -0.4 is 5.32 Å².